The molecule has 20 heavy (non-hydrogen) atoms. The molecule has 0 aliphatic rings. The van der Waals surface area contributed by atoms with Crippen molar-refractivity contribution in [3.63, 3.8) is 0 Å². The highest BCUT2D eigenvalue weighted by Crippen LogP contribution is 2.26. The first-order chi connectivity index (χ1) is 9.63. The van der Waals surface area contributed by atoms with Gasteiger partial charge in [0.2, 0.25) is 0 Å². The van der Waals surface area contributed by atoms with Gasteiger partial charge in [-0.05, 0) is 44.0 Å². The third-order valence-electron chi connectivity index (χ3n) is 3.31. The Morgan fingerprint density at radius 3 is 2.75 bits per heavy atom. The molecule has 4 nitrogen and oxygen atoms in total. The van der Waals surface area contributed by atoms with Crippen molar-refractivity contribution >= 4 is 5.82 Å². The summed E-state index contributed by atoms with van der Waals surface area (Å²) < 4.78 is 0. The molecule has 1 unspecified atom stereocenters. The van der Waals surface area contributed by atoms with Gasteiger partial charge in [-0.3, -0.25) is 4.98 Å². The fourth-order valence-corrected chi connectivity index (χ4v) is 2.34. The lowest BCUT2D eigenvalue weighted by Gasteiger charge is -2.21. The summed E-state index contributed by atoms with van der Waals surface area (Å²) in [6, 6.07) is 6.06. The highest BCUT2D eigenvalue weighted by Gasteiger charge is 2.19. The SMILES string of the molecule is CCCNC(c1cccnc1N)c1ncc(C)cc1C. The zero-order valence-corrected chi connectivity index (χ0v) is 12.4. The van der Waals surface area contributed by atoms with Gasteiger partial charge in [0.05, 0.1) is 11.7 Å². The molecule has 3 N–H and O–H groups in total. The van der Waals surface area contributed by atoms with E-state index in [0.29, 0.717) is 5.82 Å². The van der Waals surface area contributed by atoms with Crippen molar-refractivity contribution in [2.45, 2.75) is 33.2 Å². The summed E-state index contributed by atoms with van der Waals surface area (Å²) in [4.78, 5) is 8.79. The van der Waals surface area contributed by atoms with Crippen LogP contribution in [0.15, 0.2) is 30.6 Å². The van der Waals surface area contributed by atoms with Crippen LogP contribution in [0, 0.1) is 13.8 Å². The van der Waals surface area contributed by atoms with E-state index in [-0.39, 0.29) is 6.04 Å². The first-order valence-electron chi connectivity index (χ1n) is 7.00. The fraction of sp³-hybridized carbons (Fsp3) is 0.375. The fourth-order valence-electron chi connectivity index (χ4n) is 2.34. The molecule has 2 aromatic rings. The smallest absolute Gasteiger partial charge is 0.128 e. The second-order valence-electron chi connectivity index (χ2n) is 5.08. The van der Waals surface area contributed by atoms with Crippen LogP contribution < -0.4 is 11.1 Å². The molecule has 0 saturated heterocycles. The molecular formula is C16H22N4. The van der Waals surface area contributed by atoms with Crippen molar-refractivity contribution in [2.75, 3.05) is 12.3 Å². The average molecular weight is 270 g/mol. The molecule has 0 saturated carbocycles. The first-order valence-corrected chi connectivity index (χ1v) is 7.00. The molecule has 2 heterocycles. The predicted octanol–water partition coefficient (Wildman–Crippen LogP) is 2.76. The van der Waals surface area contributed by atoms with Crippen LogP contribution in [-0.2, 0) is 0 Å². The van der Waals surface area contributed by atoms with Crippen LogP contribution in [0.2, 0.25) is 0 Å². The summed E-state index contributed by atoms with van der Waals surface area (Å²) in [5.41, 5.74) is 10.4. The number of hydrogen-bond donors (Lipinski definition) is 2. The number of nitrogens with two attached hydrogens (primary N) is 1. The van der Waals surface area contributed by atoms with E-state index in [2.05, 4.69) is 42.1 Å². The quantitative estimate of drug-likeness (QED) is 0.877. The van der Waals surface area contributed by atoms with Gasteiger partial charge in [0.15, 0.2) is 0 Å². The highest BCUT2D eigenvalue weighted by atomic mass is 15.0. The van der Waals surface area contributed by atoms with E-state index in [4.69, 9.17) is 5.73 Å². The predicted molar refractivity (Wildman–Crippen MR) is 82.5 cm³/mol. The molecule has 1 atom stereocenters. The van der Waals surface area contributed by atoms with E-state index < -0.39 is 0 Å². The molecule has 4 heteroatoms. The van der Waals surface area contributed by atoms with Crippen molar-refractivity contribution in [1.82, 2.24) is 15.3 Å². The lowest BCUT2D eigenvalue weighted by Crippen LogP contribution is -2.26. The van der Waals surface area contributed by atoms with Gasteiger partial charge in [-0.25, -0.2) is 4.98 Å². The second-order valence-corrected chi connectivity index (χ2v) is 5.08. The summed E-state index contributed by atoms with van der Waals surface area (Å²) >= 11 is 0. The number of hydrogen-bond acceptors (Lipinski definition) is 4. The van der Waals surface area contributed by atoms with E-state index in [1.54, 1.807) is 6.20 Å². The number of rotatable bonds is 5. The van der Waals surface area contributed by atoms with Gasteiger partial charge in [0, 0.05) is 18.0 Å². The molecule has 0 bridgehead atoms. The summed E-state index contributed by atoms with van der Waals surface area (Å²) in [6.07, 6.45) is 4.67. The van der Waals surface area contributed by atoms with Gasteiger partial charge in [-0.2, -0.15) is 0 Å². The second kappa shape index (κ2) is 6.48. The maximum atomic E-state index is 6.03. The lowest BCUT2D eigenvalue weighted by atomic mass is 9.99. The molecule has 0 fully saturated rings. The number of anilines is 1. The van der Waals surface area contributed by atoms with Crippen molar-refractivity contribution in [1.29, 1.82) is 0 Å². The average Bonchev–Trinajstić information content (AvgIpc) is 2.42. The first kappa shape index (κ1) is 14.5. The Kier molecular flexibility index (Phi) is 4.69. The number of nitrogens with one attached hydrogen (secondary N) is 1. The molecular weight excluding hydrogens is 248 g/mol. The maximum Gasteiger partial charge on any atom is 0.128 e. The van der Waals surface area contributed by atoms with Crippen LogP contribution in [-0.4, -0.2) is 16.5 Å². The van der Waals surface area contributed by atoms with E-state index in [9.17, 15) is 0 Å². The monoisotopic (exact) mass is 270 g/mol. The molecule has 0 amide bonds. The Hall–Kier alpha value is -1.94. The molecule has 0 radical (unpaired) electrons. The minimum absolute atomic E-state index is 0.00995. The van der Waals surface area contributed by atoms with Gasteiger partial charge in [0.25, 0.3) is 0 Å². The van der Waals surface area contributed by atoms with Crippen molar-refractivity contribution in [3.8, 4) is 0 Å². The Bertz CT molecular complexity index is 580. The third-order valence-corrected chi connectivity index (χ3v) is 3.31. The minimum atomic E-state index is -0.00995. The summed E-state index contributed by atoms with van der Waals surface area (Å²) in [6.45, 7) is 7.19. The van der Waals surface area contributed by atoms with Crippen LogP contribution in [0.4, 0.5) is 5.82 Å². The molecule has 2 rings (SSSR count). The molecule has 2 aromatic heterocycles. The molecule has 0 spiro atoms. The Morgan fingerprint density at radius 1 is 1.30 bits per heavy atom. The normalized spacial score (nSPS) is 12.3. The minimum Gasteiger partial charge on any atom is -0.383 e. The summed E-state index contributed by atoms with van der Waals surface area (Å²) in [7, 11) is 0. The number of nitrogen functional groups attached to an aromatic ring is 1. The van der Waals surface area contributed by atoms with Crippen LogP contribution in [0.5, 0.6) is 0 Å². The van der Waals surface area contributed by atoms with E-state index in [1.165, 1.54) is 11.1 Å². The van der Waals surface area contributed by atoms with Crippen molar-refractivity contribution in [2.24, 2.45) is 0 Å². The number of aromatic nitrogens is 2. The van der Waals surface area contributed by atoms with Gasteiger partial charge in [0.1, 0.15) is 5.82 Å². The van der Waals surface area contributed by atoms with Crippen LogP contribution >= 0.6 is 0 Å². The van der Waals surface area contributed by atoms with Gasteiger partial charge in [-0.15, -0.1) is 0 Å². The van der Waals surface area contributed by atoms with Gasteiger partial charge in [-0.1, -0.05) is 19.1 Å². The Labute approximate surface area is 120 Å². The standard InChI is InChI=1S/C16H22N4/c1-4-7-18-15(13-6-5-8-19-16(13)17)14-12(3)9-11(2)10-20-14/h5-6,8-10,15,18H,4,7H2,1-3H3,(H2,17,19). The third kappa shape index (κ3) is 3.14. The molecule has 0 aromatic carbocycles. The lowest BCUT2D eigenvalue weighted by molar-refractivity contribution is 0.583. The topological polar surface area (TPSA) is 63.8 Å². The Morgan fingerprint density at radius 2 is 2.10 bits per heavy atom. The number of nitrogens with zero attached hydrogens (tertiary/aromatic N) is 2. The van der Waals surface area contributed by atoms with E-state index in [0.717, 1.165) is 24.2 Å². The largest absolute Gasteiger partial charge is 0.383 e. The zero-order valence-electron chi connectivity index (χ0n) is 12.4. The zero-order chi connectivity index (χ0) is 14.5. The number of pyridine rings is 2. The van der Waals surface area contributed by atoms with Crippen molar-refractivity contribution < 1.29 is 0 Å². The highest BCUT2D eigenvalue weighted by molar-refractivity contribution is 5.45. The molecule has 0 aliphatic heterocycles. The van der Waals surface area contributed by atoms with E-state index >= 15 is 0 Å². The van der Waals surface area contributed by atoms with Crippen LogP contribution in [0.25, 0.3) is 0 Å². The summed E-state index contributed by atoms with van der Waals surface area (Å²) in [5, 5.41) is 3.52. The summed E-state index contributed by atoms with van der Waals surface area (Å²) in [5.74, 6) is 0.558. The number of aryl methyl sites for hydroxylation is 2. The van der Waals surface area contributed by atoms with Crippen LogP contribution in [0.1, 0.15) is 41.8 Å². The maximum absolute atomic E-state index is 6.03. The molecule has 0 aliphatic carbocycles. The van der Waals surface area contributed by atoms with Gasteiger partial charge < -0.3 is 11.1 Å². The van der Waals surface area contributed by atoms with Crippen LogP contribution in [0.3, 0.4) is 0 Å². The van der Waals surface area contributed by atoms with Gasteiger partial charge >= 0.3 is 0 Å². The molecule has 106 valence electrons. The van der Waals surface area contributed by atoms with E-state index in [1.807, 2.05) is 18.3 Å². The van der Waals surface area contributed by atoms with Crippen molar-refractivity contribution in [3.05, 3.63) is 53.0 Å². The Balaban J connectivity index is 2.44.